The first kappa shape index (κ1) is 18.9. The zero-order chi connectivity index (χ0) is 19.0. The number of rotatable bonds is 5. The molecule has 7 heteroatoms. The SMILES string of the molecule is CC1CCN(C(=O)CSc2nnc(C(C)C)n2C2CC2)c2ccccc2S1. The van der Waals surface area contributed by atoms with Gasteiger partial charge in [0.1, 0.15) is 5.82 Å². The molecule has 144 valence electrons. The van der Waals surface area contributed by atoms with E-state index in [9.17, 15) is 4.79 Å². The molecule has 0 saturated heterocycles. The Morgan fingerprint density at radius 1 is 1.26 bits per heavy atom. The molecule has 1 atom stereocenters. The fourth-order valence-electron chi connectivity index (χ4n) is 3.41. The molecule has 2 aromatic rings. The molecule has 0 spiro atoms. The molecule has 1 unspecified atom stereocenters. The second kappa shape index (κ2) is 7.87. The molecule has 1 aromatic carbocycles. The number of amides is 1. The minimum atomic E-state index is 0.151. The number of nitrogens with zero attached hydrogens (tertiary/aromatic N) is 4. The fraction of sp³-hybridized carbons (Fsp3) is 0.550. The van der Waals surface area contributed by atoms with Crippen molar-refractivity contribution in [2.24, 2.45) is 0 Å². The average Bonchev–Trinajstić information content (AvgIpc) is 3.42. The van der Waals surface area contributed by atoms with Gasteiger partial charge in [0.25, 0.3) is 0 Å². The van der Waals surface area contributed by atoms with E-state index in [1.165, 1.54) is 29.5 Å². The molecule has 1 fully saturated rings. The zero-order valence-electron chi connectivity index (χ0n) is 16.1. The maximum Gasteiger partial charge on any atom is 0.237 e. The highest BCUT2D eigenvalue weighted by Gasteiger charge is 2.31. The third-order valence-electron chi connectivity index (χ3n) is 4.99. The number of fused-ring (bicyclic) bond motifs is 1. The van der Waals surface area contributed by atoms with Crippen molar-refractivity contribution in [3.05, 3.63) is 30.1 Å². The Morgan fingerprint density at radius 2 is 2.04 bits per heavy atom. The number of para-hydroxylation sites is 1. The van der Waals surface area contributed by atoms with Crippen LogP contribution in [0.2, 0.25) is 0 Å². The molecule has 1 amide bonds. The summed E-state index contributed by atoms with van der Waals surface area (Å²) in [6, 6.07) is 8.76. The first-order chi connectivity index (χ1) is 13.0. The number of carbonyl (C=O) groups is 1. The van der Waals surface area contributed by atoms with Gasteiger partial charge in [0.15, 0.2) is 5.16 Å². The summed E-state index contributed by atoms with van der Waals surface area (Å²) in [5, 5.41) is 10.2. The van der Waals surface area contributed by atoms with Crippen molar-refractivity contribution >= 4 is 35.1 Å². The highest BCUT2D eigenvalue weighted by atomic mass is 32.2. The lowest BCUT2D eigenvalue weighted by molar-refractivity contribution is -0.116. The maximum absolute atomic E-state index is 13.1. The van der Waals surface area contributed by atoms with Gasteiger partial charge in [0.05, 0.1) is 11.4 Å². The number of carbonyl (C=O) groups excluding carboxylic acids is 1. The molecule has 1 saturated carbocycles. The van der Waals surface area contributed by atoms with Crippen LogP contribution in [0.5, 0.6) is 0 Å². The lowest BCUT2D eigenvalue weighted by atomic mass is 10.2. The van der Waals surface area contributed by atoms with Crippen molar-refractivity contribution in [1.82, 2.24) is 14.8 Å². The van der Waals surface area contributed by atoms with E-state index in [-0.39, 0.29) is 5.91 Å². The van der Waals surface area contributed by atoms with Crippen LogP contribution in [0.25, 0.3) is 0 Å². The summed E-state index contributed by atoms with van der Waals surface area (Å²) in [6.07, 6.45) is 3.38. The smallest absolute Gasteiger partial charge is 0.237 e. The van der Waals surface area contributed by atoms with Crippen molar-refractivity contribution in [3.8, 4) is 0 Å². The summed E-state index contributed by atoms with van der Waals surface area (Å²) in [6.45, 7) is 7.30. The summed E-state index contributed by atoms with van der Waals surface area (Å²) in [5.41, 5.74) is 1.05. The van der Waals surface area contributed by atoms with Crippen LogP contribution < -0.4 is 4.90 Å². The molecule has 2 heterocycles. The number of thioether (sulfide) groups is 2. The molecule has 0 bridgehead atoms. The Balaban J connectivity index is 1.50. The summed E-state index contributed by atoms with van der Waals surface area (Å²) in [7, 11) is 0. The first-order valence-electron chi connectivity index (χ1n) is 9.68. The van der Waals surface area contributed by atoms with Gasteiger partial charge in [-0.3, -0.25) is 4.79 Å². The largest absolute Gasteiger partial charge is 0.311 e. The van der Waals surface area contributed by atoms with Crippen LogP contribution in [-0.4, -0.2) is 38.2 Å². The van der Waals surface area contributed by atoms with Gasteiger partial charge in [-0.25, -0.2) is 0 Å². The second-order valence-electron chi connectivity index (χ2n) is 7.62. The lowest BCUT2D eigenvalue weighted by Gasteiger charge is -2.22. The number of hydrogen-bond donors (Lipinski definition) is 0. The molecular formula is C20H26N4OS2. The minimum Gasteiger partial charge on any atom is -0.311 e. The van der Waals surface area contributed by atoms with Gasteiger partial charge in [-0.05, 0) is 31.4 Å². The normalized spacial score (nSPS) is 19.9. The Morgan fingerprint density at radius 3 is 2.78 bits per heavy atom. The molecule has 0 radical (unpaired) electrons. The van der Waals surface area contributed by atoms with Gasteiger partial charge in [-0.2, -0.15) is 0 Å². The standard InChI is InChI=1S/C20H26N4OS2/c1-13(2)19-21-22-20(24(19)15-8-9-15)26-12-18(25)23-11-10-14(3)27-17-7-5-4-6-16(17)23/h4-7,13-15H,8-12H2,1-3H3. The van der Waals surface area contributed by atoms with Gasteiger partial charge < -0.3 is 9.47 Å². The Bertz CT molecular complexity index is 831. The second-order valence-corrected chi connectivity index (χ2v) is 10.0. The van der Waals surface area contributed by atoms with E-state index in [2.05, 4.69) is 47.7 Å². The Kier molecular flexibility index (Phi) is 5.50. The summed E-state index contributed by atoms with van der Waals surface area (Å²) < 4.78 is 2.26. The van der Waals surface area contributed by atoms with E-state index in [0.29, 0.717) is 23.0 Å². The van der Waals surface area contributed by atoms with Gasteiger partial charge in [-0.15, -0.1) is 22.0 Å². The average molecular weight is 403 g/mol. The monoisotopic (exact) mass is 402 g/mol. The lowest BCUT2D eigenvalue weighted by Crippen LogP contribution is -2.33. The number of benzene rings is 1. The van der Waals surface area contributed by atoms with Crippen molar-refractivity contribution in [2.75, 3.05) is 17.2 Å². The number of aromatic nitrogens is 3. The summed E-state index contributed by atoms with van der Waals surface area (Å²) >= 11 is 3.39. The predicted molar refractivity (Wildman–Crippen MR) is 112 cm³/mol. The van der Waals surface area contributed by atoms with E-state index in [1.807, 2.05) is 28.8 Å². The molecule has 4 rings (SSSR count). The van der Waals surface area contributed by atoms with E-state index >= 15 is 0 Å². The maximum atomic E-state index is 13.1. The fourth-order valence-corrected chi connectivity index (χ4v) is 5.41. The molecular weight excluding hydrogens is 376 g/mol. The van der Waals surface area contributed by atoms with E-state index in [0.717, 1.165) is 29.6 Å². The summed E-state index contributed by atoms with van der Waals surface area (Å²) in [5.74, 6) is 1.94. The molecule has 1 aliphatic carbocycles. The first-order valence-corrected chi connectivity index (χ1v) is 11.5. The Labute approximate surface area is 169 Å². The molecule has 1 aromatic heterocycles. The van der Waals surface area contributed by atoms with Gasteiger partial charge in [0.2, 0.25) is 5.91 Å². The highest BCUT2D eigenvalue weighted by Crippen LogP contribution is 2.41. The predicted octanol–water partition coefficient (Wildman–Crippen LogP) is 4.75. The molecule has 1 aliphatic heterocycles. The topological polar surface area (TPSA) is 51.0 Å². The van der Waals surface area contributed by atoms with Crippen LogP contribution in [0.15, 0.2) is 34.3 Å². The quantitative estimate of drug-likeness (QED) is 0.676. The van der Waals surface area contributed by atoms with Crippen LogP contribution in [0.1, 0.15) is 57.8 Å². The van der Waals surface area contributed by atoms with Gasteiger partial charge >= 0.3 is 0 Å². The van der Waals surface area contributed by atoms with Gasteiger partial charge in [0, 0.05) is 28.6 Å². The molecule has 27 heavy (non-hydrogen) atoms. The van der Waals surface area contributed by atoms with Gasteiger partial charge in [-0.1, -0.05) is 44.7 Å². The van der Waals surface area contributed by atoms with Crippen LogP contribution in [0.3, 0.4) is 0 Å². The minimum absolute atomic E-state index is 0.151. The van der Waals surface area contributed by atoms with Crippen molar-refractivity contribution < 1.29 is 4.79 Å². The van der Waals surface area contributed by atoms with Crippen molar-refractivity contribution in [2.45, 2.75) is 67.3 Å². The highest BCUT2D eigenvalue weighted by molar-refractivity contribution is 8.00. The van der Waals surface area contributed by atoms with Crippen LogP contribution in [0, 0.1) is 0 Å². The van der Waals surface area contributed by atoms with E-state index < -0.39 is 0 Å². The molecule has 0 N–H and O–H groups in total. The van der Waals surface area contributed by atoms with E-state index in [1.54, 1.807) is 0 Å². The number of anilines is 1. The van der Waals surface area contributed by atoms with E-state index in [4.69, 9.17) is 0 Å². The number of hydrogen-bond acceptors (Lipinski definition) is 5. The van der Waals surface area contributed by atoms with Crippen LogP contribution in [-0.2, 0) is 4.79 Å². The third kappa shape index (κ3) is 4.04. The zero-order valence-corrected chi connectivity index (χ0v) is 17.7. The molecule has 5 nitrogen and oxygen atoms in total. The van der Waals surface area contributed by atoms with Crippen molar-refractivity contribution in [3.63, 3.8) is 0 Å². The third-order valence-corrected chi connectivity index (χ3v) is 7.15. The van der Waals surface area contributed by atoms with Crippen LogP contribution >= 0.6 is 23.5 Å². The Hall–Kier alpha value is -1.47. The summed E-state index contributed by atoms with van der Waals surface area (Å²) in [4.78, 5) is 16.2. The van der Waals surface area contributed by atoms with Crippen LogP contribution in [0.4, 0.5) is 5.69 Å². The molecule has 2 aliphatic rings. The van der Waals surface area contributed by atoms with Crippen molar-refractivity contribution in [1.29, 1.82) is 0 Å².